The molecule has 3 N–H and O–H groups in total. The van der Waals surface area contributed by atoms with Crippen molar-refractivity contribution >= 4 is 18.4 Å². The maximum atomic E-state index is 12.9. The van der Waals surface area contributed by atoms with Crippen LogP contribution < -0.4 is 5.73 Å². The summed E-state index contributed by atoms with van der Waals surface area (Å²) >= 11 is 0. The molecule has 0 amide bonds. The van der Waals surface area contributed by atoms with Crippen LogP contribution in [0.3, 0.4) is 0 Å². The van der Waals surface area contributed by atoms with Gasteiger partial charge in [-0.1, -0.05) is 0 Å². The first kappa shape index (κ1) is 12.8. The van der Waals surface area contributed by atoms with Crippen molar-refractivity contribution in [2.45, 2.75) is 6.54 Å². The van der Waals surface area contributed by atoms with Gasteiger partial charge in [0.25, 0.3) is 0 Å². The van der Waals surface area contributed by atoms with E-state index in [0.717, 1.165) is 6.07 Å². The van der Waals surface area contributed by atoms with Gasteiger partial charge in [0.2, 0.25) is 0 Å². The fourth-order valence-corrected chi connectivity index (χ4v) is 0.908. The number of nitrogens with two attached hydrogens (primary N) is 1. The quantitative estimate of drug-likeness (QED) is 0.800. The van der Waals surface area contributed by atoms with E-state index in [9.17, 15) is 13.6 Å². The third-order valence-corrected chi connectivity index (χ3v) is 1.59. The average Bonchev–Trinajstić information content (AvgIpc) is 2.07. The number of rotatable bonds is 2. The van der Waals surface area contributed by atoms with E-state index in [1.54, 1.807) is 0 Å². The Morgan fingerprint density at radius 1 is 1.36 bits per heavy atom. The molecule has 0 saturated heterocycles. The molecule has 0 fully saturated rings. The number of aromatic carboxylic acids is 1. The van der Waals surface area contributed by atoms with Gasteiger partial charge in [-0.2, -0.15) is 0 Å². The van der Waals surface area contributed by atoms with E-state index in [2.05, 4.69) is 0 Å². The molecule has 0 aromatic heterocycles. The van der Waals surface area contributed by atoms with Gasteiger partial charge >= 0.3 is 5.97 Å². The first-order valence-electron chi connectivity index (χ1n) is 3.47. The largest absolute Gasteiger partial charge is 0.478 e. The van der Waals surface area contributed by atoms with Gasteiger partial charge in [-0.25, -0.2) is 13.6 Å². The van der Waals surface area contributed by atoms with Crippen LogP contribution in [0.4, 0.5) is 8.78 Å². The normalized spacial score (nSPS) is 9.36. The van der Waals surface area contributed by atoms with Crippen molar-refractivity contribution in [2.75, 3.05) is 0 Å². The molecule has 1 rings (SSSR count). The van der Waals surface area contributed by atoms with Crippen LogP contribution in [0, 0.1) is 11.6 Å². The number of carboxylic acids is 1. The zero-order valence-corrected chi connectivity index (χ0v) is 7.78. The average molecular weight is 224 g/mol. The molecule has 0 aliphatic heterocycles. The lowest BCUT2D eigenvalue weighted by Crippen LogP contribution is -2.06. The number of hydrogen-bond donors (Lipinski definition) is 2. The molecular formula is C8H8ClF2NO2. The minimum atomic E-state index is -1.50. The Morgan fingerprint density at radius 3 is 2.36 bits per heavy atom. The van der Waals surface area contributed by atoms with Crippen molar-refractivity contribution in [1.29, 1.82) is 0 Å². The third-order valence-electron chi connectivity index (χ3n) is 1.59. The van der Waals surface area contributed by atoms with E-state index in [0.29, 0.717) is 6.07 Å². The summed E-state index contributed by atoms with van der Waals surface area (Å²) in [5.74, 6) is -3.28. The van der Waals surface area contributed by atoms with E-state index in [-0.39, 0.29) is 24.5 Å². The molecule has 0 aliphatic carbocycles. The summed E-state index contributed by atoms with van der Waals surface area (Å²) in [4.78, 5) is 10.3. The molecule has 1 aromatic carbocycles. The molecule has 0 aliphatic rings. The Hall–Kier alpha value is -1.20. The van der Waals surface area contributed by atoms with Crippen LogP contribution in [0.1, 0.15) is 15.9 Å². The van der Waals surface area contributed by atoms with Crippen molar-refractivity contribution < 1.29 is 18.7 Å². The molecule has 0 heterocycles. The number of benzene rings is 1. The zero-order valence-electron chi connectivity index (χ0n) is 6.96. The summed E-state index contributed by atoms with van der Waals surface area (Å²) < 4.78 is 25.7. The predicted molar refractivity (Wildman–Crippen MR) is 48.5 cm³/mol. The number of carboxylic acid groups (broad SMARTS) is 1. The topological polar surface area (TPSA) is 63.3 Å². The molecular weight excluding hydrogens is 216 g/mol. The molecule has 0 radical (unpaired) electrons. The van der Waals surface area contributed by atoms with Crippen molar-refractivity contribution in [3.05, 3.63) is 34.9 Å². The number of carbonyl (C=O) groups is 1. The predicted octanol–water partition coefficient (Wildman–Crippen LogP) is 1.54. The Labute approximate surface area is 84.9 Å². The second-order valence-electron chi connectivity index (χ2n) is 2.43. The van der Waals surface area contributed by atoms with Gasteiger partial charge in [-0.3, -0.25) is 0 Å². The van der Waals surface area contributed by atoms with Crippen molar-refractivity contribution in [3.8, 4) is 0 Å². The van der Waals surface area contributed by atoms with Crippen LogP contribution >= 0.6 is 12.4 Å². The van der Waals surface area contributed by atoms with E-state index in [1.807, 2.05) is 0 Å². The molecule has 6 heteroatoms. The third kappa shape index (κ3) is 2.40. The lowest BCUT2D eigenvalue weighted by molar-refractivity contribution is 0.0691. The minimum Gasteiger partial charge on any atom is -0.478 e. The Bertz CT molecular complexity index is 357. The maximum Gasteiger partial charge on any atom is 0.338 e. The van der Waals surface area contributed by atoms with Gasteiger partial charge < -0.3 is 10.8 Å². The second-order valence-corrected chi connectivity index (χ2v) is 2.43. The Morgan fingerprint density at radius 2 is 1.93 bits per heavy atom. The van der Waals surface area contributed by atoms with Gasteiger partial charge in [-0.05, 0) is 12.1 Å². The molecule has 78 valence electrons. The highest BCUT2D eigenvalue weighted by atomic mass is 35.5. The first-order chi connectivity index (χ1) is 6.06. The standard InChI is InChI=1S/C8H7F2NO2.ClH/c9-6-2-5(8(12)13)7(10)1-4(6)3-11;/h1-2H,3,11H2,(H,12,13);1H. The summed E-state index contributed by atoms with van der Waals surface area (Å²) in [6.07, 6.45) is 0. The first-order valence-corrected chi connectivity index (χ1v) is 3.47. The van der Waals surface area contributed by atoms with Crippen molar-refractivity contribution in [3.63, 3.8) is 0 Å². The highest BCUT2D eigenvalue weighted by Crippen LogP contribution is 2.14. The van der Waals surface area contributed by atoms with E-state index < -0.39 is 23.2 Å². The smallest absolute Gasteiger partial charge is 0.338 e. The van der Waals surface area contributed by atoms with Gasteiger partial charge in [0, 0.05) is 12.1 Å². The van der Waals surface area contributed by atoms with Crippen LogP contribution in [0.15, 0.2) is 12.1 Å². The van der Waals surface area contributed by atoms with Gasteiger partial charge in [0.15, 0.2) is 0 Å². The highest BCUT2D eigenvalue weighted by molar-refractivity contribution is 5.88. The Balaban J connectivity index is 0.00000169. The molecule has 1 aromatic rings. The van der Waals surface area contributed by atoms with Crippen LogP contribution in [0.25, 0.3) is 0 Å². The maximum absolute atomic E-state index is 12.9. The van der Waals surface area contributed by atoms with Crippen LogP contribution in [-0.2, 0) is 6.54 Å². The fourth-order valence-electron chi connectivity index (χ4n) is 0.908. The molecule has 0 atom stereocenters. The fraction of sp³-hybridized carbons (Fsp3) is 0.125. The molecule has 0 bridgehead atoms. The molecule has 0 saturated carbocycles. The highest BCUT2D eigenvalue weighted by Gasteiger charge is 2.13. The lowest BCUT2D eigenvalue weighted by Gasteiger charge is -2.02. The van der Waals surface area contributed by atoms with E-state index in [4.69, 9.17) is 10.8 Å². The van der Waals surface area contributed by atoms with Crippen LogP contribution in [0.2, 0.25) is 0 Å². The van der Waals surface area contributed by atoms with Gasteiger partial charge in [-0.15, -0.1) is 12.4 Å². The van der Waals surface area contributed by atoms with Crippen molar-refractivity contribution in [2.24, 2.45) is 5.73 Å². The zero-order chi connectivity index (χ0) is 10.0. The number of halogens is 3. The summed E-state index contributed by atoms with van der Waals surface area (Å²) in [5.41, 5.74) is 4.37. The van der Waals surface area contributed by atoms with E-state index >= 15 is 0 Å². The van der Waals surface area contributed by atoms with Crippen LogP contribution in [-0.4, -0.2) is 11.1 Å². The van der Waals surface area contributed by atoms with Crippen LogP contribution in [0.5, 0.6) is 0 Å². The molecule has 0 spiro atoms. The van der Waals surface area contributed by atoms with Gasteiger partial charge in [0.05, 0.1) is 5.56 Å². The Kier molecular flexibility index (Phi) is 4.46. The summed E-state index contributed by atoms with van der Waals surface area (Å²) in [6, 6.07) is 1.42. The SMILES string of the molecule is Cl.NCc1cc(F)c(C(=O)O)cc1F. The molecule has 0 unspecified atom stereocenters. The molecule has 14 heavy (non-hydrogen) atoms. The number of hydrogen-bond acceptors (Lipinski definition) is 2. The van der Waals surface area contributed by atoms with Crippen molar-refractivity contribution in [1.82, 2.24) is 0 Å². The summed E-state index contributed by atoms with van der Waals surface area (Å²) in [7, 11) is 0. The van der Waals surface area contributed by atoms with E-state index in [1.165, 1.54) is 0 Å². The van der Waals surface area contributed by atoms with Gasteiger partial charge in [0.1, 0.15) is 11.6 Å². The minimum absolute atomic E-state index is 0. The summed E-state index contributed by atoms with van der Waals surface area (Å²) in [6.45, 7) is -0.164. The summed E-state index contributed by atoms with van der Waals surface area (Å²) in [5, 5.41) is 8.42. The molecule has 3 nitrogen and oxygen atoms in total. The monoisotopic (exact) mass is 223 g/mol. The second kappa shape index (κ2) is 4.88. The lowest BCUT2D eigenvalue weighted by atomic mass is 10.1.